The van der Waals surface area contributed by atoms with Crippen molar-refractivity contribution >= 4 is 15.4 Å². The van der Waals surface area contributed by atoms with Crippen molar-refractivity contribution in [3.05, 3.63) is 0 Å². The minimum atomic E-state index is -1.41. The second kappa shape index (κ2) is 5.36. The van der Waals surface area contributed by atoms with Gasteiger partial charge < -0.3 is 4.43 Å². The summed E-state index contributed by atoms with van der Waals surface area (Å²) in [4.78, 5) is 0. The summed E-state index contributed by atoms with van der Waals surface area (Å²) in [6.45, 7) is 14.6. The van der Waals surface area contributed by atoms with Crippen molar-refractivity contribution in [2.45, 2.75) is 77.9 Å². The lowest BCUT2D eigenvalue weighted by Gasteiger charge is -2.42. The standard InChI is InChI=1S/C13H30OSi2/c1-7-12-10-8-9-11-13(12)14-16(5,6)15(2,3)4/h12-13H,7-11H2,1-6H3. The molecular formula is C13H30OSi2. The lowest BCUT2D eigenvalue weighted by Crippen LogP contribution is -2.57. The molecule has 0 spiro atoms. The van der Waals surface area contributed by atoms with E-state index in [1.807, 2.05) is 0 Å². The molecule has 1 saturated carbocycles. The summed E-state index contributed by atoms with van der Waals surface area (Å²) >= 11 is 0. The van der Waals surface area contributed by atoms with Crippen molar-refractivity contribution in [1.29, 1.82) is 0 Å². The summed E-state index contributed by atoms with van der Waals surface area (Å²) in [5.74, 6) is 0.844. The van der Waals surface area contributed by atoms with Gasteiger partial charge in [-0.1, -0.05) is 45.8 Å². The molecule has 1 rings (SSSR count). The first-order chi connectivity index (χ1) is 7.28. The Kier molecular flexibility index (Phi) is 4.84. The highest BCUT2D eigenvalue weighted by atomic mass is 29.3. The molecule has 0 saturated heterocycles. The lowest BCUT2D eigenvalue weighted by atomic mass is 9.85. The molecule has 2 atom stereocenters. The molecule has 0 aromatic heterocycles. The Hall–Kier alpha value is 0.394. The largest absolute Gasteiger partial charge is 0.417 e. The van der Waals surface area contributed by atoms with Crippen molar-refractivity contribution in [2.24, 2.45) is 5.92 Å². The highest BCUT2D eigenvalue weighted by Gasteiger charge is 2.42. The third kappa shape index (κ3) is 3.44. The fraction of sp³-hybridized carbons (Fsp3) is 1.00. The van der Waals surface area contributed by atoms with Gasteiger partial charge in [-0.15, -0.1) is 0 Å². The Morgan fingerprint density at radius 3 is 2.06 bits per heavy atom. The van der Waals surface area contributed by atoms with E-state index in [0.717, 1.165) is 5.92 Å². The van der Waals surface area contributed by atoms with Crippen molar-refractivity contribution in [2.75, 3.05) is 0 Å². The van der Waals surface area contributed by atoms with Crippen LogP contribution in [0.3, 0.4) is 0 Å². The fourth-order valence-corrected chi connectivity index (χ4v) is 5.29. The maximum atomic E-state index is 6.65. The summed E-state index contributed by atoms with van der Waals surface area (Å²) < 4.78 is 6.65. The van der Waals surface area contributed by atoms with E-state index < -0.39 is 15.4 Å². The van der Waals surface area contributed by atoms with E-state index in [9.17, 15) is 0 Å². The molecular weight excluding hydrogens is 228 g/mol. The summed E-state index contributed by atoms with van der Waals surface area (Å²) in [5, 5.41) is 0. The third-order valence-corrected chi connectivity index (χ3v) is 20.3. The summed E-state index contributed by atoms with van der Waals surface area (Å²) in [7, 11) is -2.51. The zero-order valence-corrected chi connectivity index (χ0v) is 14.1. The van der Waals surface area contributed by atoms with Gasteiger partial charge in [0, 0.05) is 6.10 Å². The van der Waals surface area contributed by atoms with E-state index in [2.05, 4.69) is 39.7 Å². The molecule has 0 aliphatic heterocycles. The molecule has 0 bridgehead atoms. The van der Waals surface area contributed by atoms with Gasteiger partial charge in [-0.2, -0.15) is 0 Å². The van der Waals surface area contributed by atoms with Crippen LogP contribution in [-0.4, -0.2) is 21.5 Å². The minimum absolute atomic E-state index is 0.590. The highest BCUT2D eigenvalue weighted by Crippen LogP contribution is 2.33. The van der Waals surface area contributed by atoms with Crippen LogP contribution >= 0.6 is 0 Å². The fourth-order valence-electron chi connectivity index (χ4n) is 2.35. The van der Waals surface area contributed by atoms with Crippen molar-refractivity contribution in [3.8, 4) is 0 Å². The second-order valence-electron chi connectivity index (χ2n) is 6.87. The molecule has 0 N–H and O–H groups in total. The monoisotopic (exact) mass is 258 g/mol. The Balaban J connectivity index is 2.64. The summed E-state index contributed by atoms with van der Waals surface area (Å²) in [6, 6.07) is 0. The smallest absolute Gasteiger partial charge is 0.173 e. The topological polar surface area (TPSA) is 9.23 Å². The first-order valence-electron chi connectivity index (χ1n) is 6.96. The SMILES string of the molecule is CCC1CCCCC1O[Si](C)(C)[Si](C)(C)C. The van der Waals surface area contributed by atoms with E-state index in [0.29, 0.717) is 6.10 Å². The van der Waals surface area contributed by atoms with E-state index in [-0.39, 0.29) is 0 Å². The number of rotatable bonds is 4. The van der Waals surface area contributed by atoms with Gasteiger partial charge in [-0.25, -0.2) is 0 Å². The van der Waals surface area contributed by atoms with Gasteiger partial charge in [0.15, 0.2) is 7.83 Å². The molecule has 96 valence electrons. The van der Waals surface area contributed by atoms with Crippen molar-refractivity contribution < 1.29 is 4.43 Å². The van der Waals surface area contributed by atoms with E-state index in [1.165, 1.54) is 32.1 Å². The van der Waals surface area contributed by atoms with Gasteiger partial charge in [0.1, 0.15) is 0 Å². The Morgan fingerprint density at radius 2 is 1.56 bits per heavy atom. The molecule has 1 aliphatic carbocycles. The van der Waals surface area contributed by atoms with E-state index in [4.69, 9.17) is 4.43 Å². The Bertz CT molecular complexity index is 220. The molecule has 1 fully saturated rings. The van der Waals surface area contributed by atoms with Gasteiger partial charge in [0.05, 0.1) is 7.59 Å². The molecule has 3 heteroatoms. The molecule has 2 unspecified atom stereocenters. The average Bonchev–Trinajstić information content (AvgIpc) is 2.16. The van der Waals surface area contributed by atoms with Crippen LogP contribution in [-0.2, 0) is 4.43 Å². The first-order valence-corrected chi connectivity index (χ1v) is 14.4. The Morgan fingerprint density at radius 1 is 1.00 bits per heavy atom. The van der Waals surface area contributed by atoms with Crippen LogP contribution in [0.4, 0.5) is 0 Å². The van der Waals surface area contributed by atoms with Crippen molar-refractivity contribution in [3.63, 3.8) is 0 Å². The van der Waals surface area contributed by atoms with E-state index in [1.54, 1.807) is 0 Å². The predicted octanol–water partition coefficient (Wildman–Crippen LogP) is 4.59. The normalized spacial score (nSPS) is 28.1. The summed E-state index contributed by atoms with van der Waals surface area (Å²) in [5.41, 5.74) is 0. The van der Waals surface area contributed by atoms with Gasteiger partial charge in [-0.05, 0) is 31.9 Å². The van der Waals surface area contributed by atoms with Crippen molar-refractivity contribution in [1.82, 2.24) is 0 Å². The zero-order valence-electron chi connectivity index (χ0n) is 12.1. The molecule has 0 radical (unpaired) electrons. The van der Waals surface area contributed by atoms with Gasteiger partial charge in [0.25, 0.3) is 0 Å². The van der Waals surface area contributed by atoms with Gasteiger partial charge in [-0.3, -0.25) is 0 Å². The predicted molar refractivity (Wildman–Crippen MR) is 78.0 cm³/mol. The summed E-state index contributed by atoms with van der Waals surface area (Å²) in [6.07, 6.45) is 7.43. The molecule has 0 aromatic carbocycles. The highest BCUT2D eigenvalue weighted by molar-refractivity contribution is 7.37. The van der Waals surface area contributed by atoms with Crippen LogP contribution in [0.1, 0.15) is 39.0 Å². The lowest BCUT2D eigenvalue weighted by molar-refractivity contribution is 0.0867. The molecule has 0 heterocycles. The van der Waals surface area contributed by atoms with Gasteiger partial charge >= 0.3 is 0 Å². The zero-order chi connectivity index (χ0) is 12.4. The van der Waals surface area contributed by atoms with Crippen LogP contribution in [0.2, 0.25) is 32.7 Å². The van der Waals surface area contributed by atoms with Crippen LogP contribution in [0.5, 0.6) is 0 Å². The quantitative estimate of drug-likeness (QED) is 0.670. The minimum Gasteiger partial charge on any atom is -0.417 e. The van der Waals surface area contributed by atoms with Crippen LogP contribution in [0, 0.1) is 5.92 Å². The molecule has 0 amide bonds. The second-order valence-corrected chi connectivity index (χ2v) is 22.7. The molecule has 1 nitrogen and oxygen atoms in total. The first kappa shape index (κ1) is 14.5. The van der Waals surface area contributed by atoms with Gasteiger partial charge in [0.2, 0.25) is 0 Å². The maximum absolute atomic E-state index is 6.65. The maximum Gasteiger partial charge on any atom is 0.173 e. The Labute approximate surface area is 104 Å². The third-order valence-electron chi connectivity index (χ3n) is 4.62. The van der Waals surface area contributed by atoms with Crippen LogP contribution in [0.15, 0.2) is 0 Å². The van der Waals surface area contributed by atoms with E-state index >= 15 is 0 Å². The number of hydrogen-bond donors (Lipinski definition) is 0. The average molecular weight is 259 g/mol. The van der Waals surface area contributed by atoms with Crippen LogP contribution < -0.4 is 0 Å². The molecule has 16 heavy (non-hydrogen) atoms. The van der Waals surface area contributed by atoms with Crippen LogP contribution in [0.25, 0.3) is 0 Å². The molecule has 1 aliphatic rings. The number of hydrogen-bond acceptors (Lipinski definition) is 1. The molecule has 0 aromatic rings.